The summed E-state index contributed by atoms with van der Waals surface area (Å²) in [4.78, 5) is 22.1. The summed E-state index contributed by atoms with van der Waals surface area (Å²) in [5, 5.41) is 8.68. The van der Waals surface area contributed by atoms with Crippen LogP contribution in [0.3, 0.4) is 0 Å². The van der Waals surface area contributed by atoms with Gasteiger partial charge in [-0.15, -0.1) is 0 Å². The maximum absolute atomic E-state index is 11.6. The van der Waals surface area contributed by atoms with Crippen molar-refractivity contribution in [2.24, 2.45) is 5.73 Å². The molecule has 0 aliphatic heterocycles. The number of esters is 1. The van der Waals surface area contributed by atoms with Crippen LogP contribution in [0.25, 0.3) is 0 Å². The molecule has 1 unspecified atom stereocenters. The number of benzene rings is 1. The quantitative estimate of drug-likeness (QED) is 0.794. The Morgan fingerprint density at radius 1 is 1.37 bits per heavy atom. The second kappa shape index (κ2) is 6.33. The van der Waals surface area contributed by atoms with E-state index in [0.29, 0.717) is 12.0 Å². The Balaban J connectivity index is 3.08. The zero-order valence-corrected chi connectivity index (χ0v) is 11.4. The highest BCUT2D eigenvalue weighted by molar-refractivity contribution is 5.90. The normalized spacial score (nSPS) is 12.0. The van der Waals surface area contributed by atoms with E-state index in [2.05, 4.69) is 0 Å². The Labute approximate surface area is 112 Å². The highest BCUT2D eigenvalue weighted by Crippen LogP contribution is 2.24. The number of ether oxygens (including phenoxy) is 1. The number of rotatable bonds is 5. The van der Waals surface area contributed by atoms with E-state index in [1.54, 1.807) is 12.1 Å². The van der Waals surface area contributed by atoms with Crippen LogP contribution in [-0.2, 0) is 9.53 Å². The van der Waals surface area contributed by atoms with E-state index in [1.807, 2.05) is 13.8 Å². The van der Waals surface area contributed by atoms with Crippen molar-refractivity contribution < 1.29 is 19.4 Å². The predicted molar refractivity (Wildman–Crippen MR) is 71.1 cm³/mol. The predicted octanol–water partition coefficient (Wildman–Crippen LogP) is 1.95. The molecule has 3 N–H and O–H groups in total. The number of carboxylic acid groups (broad SMARTS) is 1. The number of carbonyl (C=O) groups is 2. The number of methoxy groups -OCH3 is 1. The number of aryl methyl sites for hydroxylation is 1. The van der Waals surface area contributed by atoms with E-state index in [1.165, 1.54) is 7.11 Å². The fourth-order valence-corrected chi connectivity index (χ4v) is 1.94. The first-order chi connectivity index (χ1) is 8.86. The number of hydrogen-bond acceptors (Lipinski definition) is 4. The van der Waals surface area contributed by atoms with Crippen LogP contribution in [0.15, 0.2) is 12.1 Å². The summed E-state index contributed by atoms with van der Waals surface area (Å²) in [5.41, 5.74) is 9.15. The van der Waals surface area contributed by atoms with Gasteiger partial charge in [-0.3, -0.25) is 4.79 Å². The molecule has 0 saturated carbocycles. The standard InChI is InChI=1S/C14H19NO4/c1-8-6-10(14(18)19-3)7-11(9(8)2)12(15)4-5-13(16)17/h6-7,12H,4-5,15H2,1-3H3,(H,16,17). The third-order valence-corrected chi connectivity index (χ3v) is 3.20. The minimum atomic E-state index is -0.881. The van der Waals surface area contributed by atoms with Crippen LogP contribution in [0.1, 0.15) is 45.9 Å². The van der Waals surface area contributed by atoms with Crippen molar-refractivity contribution in [2.75, 3.05) is 7.11 Å². The smallest absolute Gasteiger partial charge is 0.337 e. The number of hydrogen-bond donors (Lipinski definition) is 2. The molecule has 1 rings (SSSR count). The molecule has 0 radical (unpaired) electrons. The van der Waals surface area contributed by atoms with Crippen LogP contribution in [0.2, 0.25) is 0 Å². The molecule has 1 aromatic rings. The molecule has 0 bridgehead atoms. The number of carbonyl (C=O) groups excluding carboxylic acids is 1. The summed E-state index contributed by atoms with van der Waals surface area (Å²) >= 11 is 0. The van der Waals surface area contributed by atoms with Gasteiger partial charge in [-0.1, -0.05) is 0 Å². The van der Waals surface area contributed by atoms with Gasteiger partial charge in [-0.25, -0.2) is 4.79 Å². The lowest BCUT2D eigenvalue weighted by molar-refractivity contribution is -0.137. The summed E-state index contributed by atoms with van der Waals surface area (Å²) in [6, 6.07) is 3.02. The summed E-state index contributed by atoms with van der Waals surface area (Å²) in [6.45, 7) is 3.79. The van der Waals surface area contributed by atoms with Crippen molar-refractivity contribution in [1.82, 2.24) is 0 Å². The number of carboxylic acids is 1. The molecule has 0 spiro atoms. The van der Waals surface area contributed by atoms with E-state index in [-0.39, 0.29) is 6.42 Å². The molecule has 0 amide bonds. The first kappa shape index (κ1) is 15.2. The van der Waals surface area contributed by atoms with Gasteiger partial charge in [-0.05, 0) is 49.1 Å². The van der Waals surface area contributed by atoms with Crippen molar-refractivity contribution >= 4 is 11.9 Å². The molecule has 0 aromatic heterocycles. The Morgan fingerprint density at radius 2 is 2.00 bits per heavy atom. The van der Waals surface area contributed by atoms with Crippen LogP contribution in [0.4, 0.5) is 0 Å². The Kier molecular flexibility index (Phi) is 5.06. The molecule has 19 heavy (non-hydrogen) atoms. The van der Waals surface area contributed by atoms with E-state index in [4.69, 9.17) is 15.6 Å². The van der Waals surface area contributed by atoms with Gasteiger partial charge in [0.15, 0.2) is 0 Å². The van der Waals surface area contributed by atoms with Gasteiger partial charge in [0.05, 0.1) is 12.7 Å². The molecule has 0 aliphatic carbocycles. The molecule has 5 heteroatoms. The average molecular weight is 265 g/mol. The van der Waals surface area contributed by atoms with E-state index in [0.717, 1.165) is 16.7 Å². The summed E-state index contributed by atoms with van der Waals surface area (Å²) in [6.07, 6.45) is 0.336. The fraction of sp³-hybridized carbons (Fsp3) is 0.429. The molecule has 1 atom stereocenters. The Hall–Kier alpha value is -1.88. The van der Waals surface area contributed by atoms with E-state index in [9.17, 15) is 9.59 Å². The lowest BCUT2D eigenvalue weighted by Crippen LogP contribution is -2.15. The molecular weight excluding hydrogens is 246 g/mol. The first-order valence-corrected chi connectivity index (χ1v) is 6.03. The molecule has 104 valence electrons. The fourth-order valence-electron chi connectivity index (χ4n) is 1.94. The van der Waals surface area contributed by atoms with Crippen LogP contribution in [0.5, 0.6) is 0 Å². The van der Waals surface area contributed by atoms with Crippen LogP contribution >= 0.6 is 0 Å². The van der Waals surface area contributed by atoms with Gasteiger partial charge < -0.3 is 15.6 Å². The van der Waals surface area contributed by atoms with Crippen LogP contribution in [0, 0.1) is 13.8 Å². The minimum Gasteiger partial charge on any atom is -0.481 e. The monoisotopic (exact) mass is 265 g/mol. The molecule has 5 nitrogen and oxygen atoms in total. The van der Waals surface area contributed by atoms with Crippen LogP contribution in [-0.4, -0.2) is 24.2 Å². The zero-order chi connectivity index (χ0) is 14.6. The van der Waals surface area contributed by atoms with Gasteiger partial charge in [0.2, 0.25) is 0 Å². The molecule has 0 heterocycles. The Bertz CT molecular complexity index is 496. The summed E-state index contributed by atoms with van der Waals surface area (Å²) < 4.78 is 4.69. The third-order valence-electron chi connectivity index (χ3n) is 3.20. The highest BCUT2D eigenvalue weighted by Gasteiger charge is 2.16. The lowest BCUT2D eigenvalue weighted by atomic mass is 9.93. The average Bonchev–Trinajstić information content (AvgIpc) is 2.37. The van der Waals surface area contributed by atoms with Crippen molar-refractivity contribution in [2.45, 2.75) is 32.7 Å². The van der Waals surface area contributed by atoms with Gasteiger partial charge in [0, 0.05) is 12.5 Å². The Morgan fingerprint density at radius 3 is 2.53 bits per heavy atom. The zero-order valence-electron chi connectivity index (χ0n) is 11.4. The molecular formula is C14H19NO4. The van der Waals surface area contributed by atoms with Gasteiger partial charge in [-0.2, -0.15) is 0 Å². The van der Waals surface area contributed by atoms with Gasteiger partial charge in [0.1, 0.15) is 0 Å². The largest absolute Gasteiger partial charge is 0.481 e. The first-order valence-electron chi connectivity index (χ1n) is 6.03. The molecule has 0 saturated heterocycles. The number of aliphatic carboxylic acids is 1. The van der Waals surface area contributed by atoms with Crippen LogP contribution < -0.4 is 5.73 Å². The summed E-state index contributed by atoms with van der Waals surface area (Å²) in [5.74, 6) is -1.30. The molecule has 1 aromatic carbocycles. The maximum atomic E-state index is 11.6. The lowest BCUT2D eigenvalue weighted by Gasteiger charge is -2.17. The maximum Gasteiger partial charge on any atom is 0.337 e. The number of nitrogens with two attached hydrogens (primary N) is 1. The van der Waals surface area contributed by atoms with Gasteiger partial charge in [0.25, 0.3) is 0 Å². The third kappa shape index (κ3) is 3.79. The second-order valence-corrected chi connectivity index (χ2v) is 4.54. The van der Waals surface area contributed by atoms with Crippen molar-refractivity contribution in [3.63, 3.8) is 0 Å². The van der Waals surface area contributed by atoms with Crippen molar-refractivity contribution in [3.05, 3.63) is 34.4 Å². The van der Waals surface area contributed by atoms with E-state index >= 15 is 0 Å². The summed E-state index contributed by atoms with van der Waals surface area (Å²) in [7, 11) is 1.32. The topological polar surface area (TPSA) is 89.6 Å². The van der Waals surface area contributed by atoms with Crippen molar-refractivity contribution in [3.8, 4) is 0 Å². The highest BCUT2D eigenvalue weighted by atomic mass is 16.5. The van der Waals surface area contributed by atoms with Crippen molar-refractivity contribution in [1.29, 1.82) is 0 Å². The molecule has 0 aliphatic rings. The molecule has 0 fully saturated rings. The van der Waals surface area contributed by atoms with Gasteiger partial charge >= 0.3 is 11.9 Å². The second-order valence-electron chi connectivity index (χ2n) is 4.54. The minimum absolute atomic E-state index is 0.00209. The SMILES string of the molecule is COC(=O)c1cc(C)c(C)c(C(N)CCC(=O)O)c1. The van der Waals surface area contributed by atoms with E-state index < -0.39 is 18.0 Å².